The van der Waals surface area contributed by atoms with E-state index in [4.69, 9.17) is 5.21 Å². The minimum absolute atomic E-state index is 0.118. The van der Waals surface area contributed by atoms with Crippen LogP contribution in [0.4, 0.5) is 4.39 Å². The molecule has 33 heavy (non-hydrogen) atoms. The number of hydroxylamine groups is 1. The fourth-order valence-corrected chi connectivity index (χ4v) is 7.74. The first kappa shape index (κ1) is 20.9. The highest BCUT2D eigenvalue weighted by Crippen LogP contribution is 2.62. The number of phenolic OH excluding ortho intramolecular Hbond substituents is 1. The Morgan fingerprint density at radius 1 is 1.06 bits per heavy atom. The van der Waals surface area contributed by atoms with Gasteiger partial charge in [0.05, 0.1) is 4.91 Å². The molecule has 7 rings (SSSR count). The lowest BCUT2D eigenvalue weighted by Gasteiger charge is -2.57. The third kappa shape index (κ3) is 3.58. The molecule has 1 aliphatic heterocycles. The minimum atomic E-state index is -0.574. The number of thioether (sulfide) groups is 1. The van der Waals surface area contributed by atoms with Crippen molar-refractivity contribution < 1.29 is 19.5 Å². The van der Waals surface area contributed by atoms with Gasteiger partial charge in [-0.2, -0.15) is 4.99 Å². The molecular formula is C26H25FN2O3S. The predicted octanol–water partition coefficient (Wildman–Crippen LogP) is 5.62. The van der Waals surface area contributed by atoms with E-state index < -0.39 is 11.7 Å². The van der Waals surface area contributed by atoms with Gasteiger partial charge in [0.2, 0.25) is 0 Å². The summed E-state index contributed by atoms with van der Waals surface area (Å²) in [5.41, 5.74) is 4.90. The van der Waals surface area contributed by atoms with E-state index in [-0.39, 0.29) is 16.3 Å². The number of aromatic hydroxyl groups is 1. The van der Waals surface area contributed by atoms with Crippen molar-refractivity contribution in [3.63, 3.8) is 0 Å². The fourth-order valence-electron chi connectivity index (χ4n) is 7.03. The molecule has 1 amide bonds. The number of nitrogens with one attached hydrogen (secondary N) is 1. The lowest BCUT2D eigenvalue weighted by molar-refractivity contribution is -0.113. The normalized spacial score (nSPS) is 31.3. The number of rotatable bonds is 3. The summed E-state index contributed by atoms with van der Waals surface area (Å²) in [5, 5.41) is 19.9. The van der Waals surface area contributed by atoms with Crippen LogP contribution in [0, 0.1) is 23.6 Å². The van der Waals surface area contributed by atoms with Gasteiger partial charge in [0.1, 0.15) is 0 Å². The van der Waals surface area contributed by atoms with E-state index in [2.05, 4.69) is 4.99 Å². The number of aliphatic imine (C=N–C) groups is 1. The van der Waals surface area contributed by atoms with E-state index in [1.807, 2.05) is 35.8 Å². The minimum Gasteiger partial charge on any atom is -0.505 e. The summed E-state index contributed by atoms with van der Waals surface area (Å²) in [7, 11) is 0. The monoisotopic (exact) mass is 464 g/mol. The number of hydrogen-bond donors (Lipinski definition) is 3. The van der Waals surface area contributed by atoms with Crippen LogP contribution in [-0.2, 0) is 10.2 Å². The molecule has 1 heterocycles. The standard InChI is InChI=1S/C26H25FN2O3S/c27-21-10-19(18-3-1-2-14(7-18)8-22-24(31)28-25(29-32)33-22)9-20(23(21)30)26-11-15-4-16(12-26)6-17(5-15)13-26/h1-3,7-10,15-17,30,32H,4-6,11-13H2,(H,28,29,31). The van der Waals surface area contributed by atoms with Crippen molar-refractivity contribution in [1.29, 1.82) is 0 Å². The Kier molecular flexibility index (Phi) is 4.89. The second kappa shape index (κ2) is 7.71. The fraction of sp³-hybridized carbons (Fsp3) is 0.385. The van der Waals surface area contributed by atoms with Gasteiger partial charge in [-0.25, -0.2) is 9.87 Å². The van der Waals surface area contributed by atoms with Gasteiger partial charge in [-0.3, -0.25) is 10.0 Å². The Morgan fingerprint density at radius 2 is 1.76 bits per heavy atom. The molecule has 3 N–H and O–H groups in total. The number of hydrogen-bond acceptors (Lipinski definition) is 5. The first-order valence-corrected chi connectivity index (χ1v) is 12.3. The first-order chi connectivity index (χ1) is 15.9. The van der Waals surface area contributed by atoms with Crippen molar-refractivity contribution in [2.24, 2.45) is 22.7 Å². The van der Waals surface area contributed by atoms with Gasteiger partial charge in [-0.1, -0.05) is 18.2 Å². The number of benzene rings is 2. The summed E-state index contributed by atoms with van der Waals surface area (Å²) >= 11 is 1.06. The molecule has 4 fully saturated rings. The molecule has 0 aromatic heterocycles. The molecule has 0 unspecified atom stereocenters. The lowest BCUT2D eigenvalue weighted by atomic mass is 9.48. The van der Waals surface area contributed by atoms with Crippen LogP contribution >= 0.6 is 11.8 Å². The Bertz CT molecular complexity index is 1190. The second-order valence-electron chi connectivity index (χ2n) is 10.1. The molecule has 4 aliphatic carbocycles. The number of carbonyl (C=O) groups excluding carboxylic acids is 1. The number of nitrogens with zero attached hydrogens (tertiary/aromatic N) is 1. The zero-order valence-corrected chi connectivity index (χ0v) is 18.9. The SMILES string of the molecule is O=C1N=C(NO)SC1=Cc1cccc(-c2cc(F)c(O)c(C34CC5CC(CC(C5)C3)C4)c2)c1. The maximum atomic E-state index is 15.0. The summed E-state index contributed by atoms with van der Waals surface area (Å²) in [6.07, 6.45) is 8.69. The van der Waals surface area contributed by atoms with Gasteiger partial charge < -0.3 is 5.11 Å². The molecule has 2 aromatic rings. The van der Waals surface area contributed by atoms with Gasteiger partial charge in [0, 0.05) is 5.56 Å². The van der Waals surface area contributed by atoms with E-state index in [0.29, 0.717) is 22.7 Å². The Labute approximate surface area is 195 Å². The number of phenols is 1. The van der Waals surface area contributed by atoms with Gasteiger partial charge in [-0.15, -0.1) is 0 Å². The number of amidine groups is 1. The average molecular weight is 465 g/mol. The zero-order valence-electron chi connectivity index (χ0n) is 18.1. The average Bonchev–Trinajstić information content (AvgIpc) is 3.14. The lowest BCUT2D eigenvalue weighted by Crippen LogP contribution is -2.48. The van der Waals surface area contributed by atoms with Gasteiger partial charge in [0.15, 0.2) is 16.7 Å². The molecule has 0 saturated heterocycles. The first-order valence-electron chi connectivity index (χ1n) is 11.5. The van der Waals surface area contributed by atoms with Crippen LogP contribution in [0.25, 0.3) is 17.2 Å². The summed E-state index contributed by atoms with van der Waals surface area (Å²) in [5.74, 6) is 0.906. The summed E-state index contributed by atoms with van der Waals surface area (Å²) in [6, 6.07) is 10.9. The highest BCUT2D eigenvalue weighted by molar-refractivity contribution is 8.18. The maximum Gasteiger partial charge on any atom is 0.286 e. The zero-order chi connectivity index (χ0) is 22.7. The molecule has 4 bridgehead atoms. The second-order valence-corrected chi connectivity index (χ2v) is 11.2. The Hall–Kier alpha value is -2.64. The van der Waals surface area contributed by atoms with Crippen LogP contribution < -0.4 is 5.48 Å². The summed E-state index contributed by atoms with van der Waals surface area (Å²) in [6.45, 7) is 0. The molecule has 2 aromatic carbocycles. The third-order valence-electron chi connectivity index (χ3n) is 7.91. The molecule has 0 radical (unpaired) electrons. The molecular weight excluding hydrogens is 439 g/mol. The highest BCUT2D eigenvalue weighted by atomic mass is 32.2. The summed E-state index contributed by atoms with van der Waals surface area (Å²) < 4.78 is 15.0. The molecule has 0 atom stereocenters. The van der Waals surface area contributed by atoms with Crippen molar-refractivity contribution in [3.8, 4) is 16.9 Å². The van der Waals surface area contributed by atoms with Crippen molar-refractivity contribution in [1.82, 2.24) is 5.48 Å². The number of amides is 1. The van der Waals surface area contributed by atoms with Gasteiger partial charge in [0.25, 0.3) is 5.91 Å². The predicted molar refractivity (Wildman–Crippen MR) is 126 cm³/mol. The maximum absolute atomic E-state index is 15.0. The van der Waals surface area contributed by atoms with Crippen LogP contribution in [-0.4, -0.2) is 21.4 Å². The van der Waals surface area contributed by atoms with Crippen LogP contribution in [0.1, 0.15) is 49.7 Å². The van der Waals surface area contributed by atoms with E-state index in [9.17, 15) is 9.90 Å². The van der Waals surface area contributed by atoms with E-state index in [1.165, 1.54) is 25.3 Å². The number of halogens is 1. The number of carbonyl (C=O) groups is 1. The molecule has 170 valence electrons. The van der Waals surface area contributed by atoms with Crippen molar-refractivity contribution in [2.45, 2.75) is 43.9 Å². The quantitative estimate of drug-likeness (QED) is 0.406. The smallest absolute Gasteiger partial charge is 0.286 e. The van der Waals surface area contributed by atoms with Gasteiger partial charge in [-0.05, 0) is 114 Å². The largest absolute Gasteiger partial charge is 0.505 e. The Morgan fingerprint density at radius 3 is 2.39 bits per heavy atom. The van der Waals surface area contributed by atoms with E-state index in [1.54, 1.807) is 6.08 Å². The van der Waals surface area contributed by atoms with E-state index >= 15 is 4.39 Å². The highest BCUT2D eigenvalue weighted by Gasteiger charge is 2.52. The van der Waals surface area contributed by atoms with Crippen LogP contribution in [0.5, 0.6) is 5.75 Å². The van der Waals surface area contributed by atoms with Crippen molar-refractivity contribution in [2.75, 3.05) is 0 Å². The molecule has 5 aliphatic rings. The van der Waals surface area contributed by atoms with Crippen molar-refractivity contribution >= 4 is 28.9 Å². The third-order valence-corrected chi connectivity index (χ3v) is 8.80. The molecule has 5 nitrogen and oxygen atoms in total. The van der Waals surface area contributed by atoms with Crippen LogP contribution in [0.15, 0.2) is 46.3 Å². The van der Waals surface area contributed by atoms with Crippen LogP contribution in [0.2, 0.25) is 0 Å². The molecule has 7 heteroatoms. The Balaban J connectivity index is 1.37. The van der Waals surface area contributed by atoms with E-state index in [0.717, 1.165) is 53.3 Å². The van der Waals surface area contributed by atoms with Crippen molar-refractivity contribution in [3.05, 3.63) is 58.2 Å². The van der Waals surface area contributed by atoms with Crippen LogP contribution in [0.3, 0.4) is 0 Å². The summed E-state index contributed by atoms with van der Waals surface area (Å²) in [4.78, 5) is 16.2. The molecule has 4 saturated carbocycles. The molecule has 0 spiro atoms. The topological polar surface area (TPSA) is 81.9 Å². The van der Waals surface area contributed by atoms with Gasteiger partial charge >= 0.3 is 0 Å².